The Morgan fingerprint density at radius 3 is 2.48 bits per heavy atom. The van der Waals surface area contributed by atoms with E-state index in [-0.39, 0.29) is 6.04 Å². The van der Waals surface area contributed by atoms with Gasteiger partial charge in [0.2, 0.25) is 0 Å². The monoisotopic (exact) mass is 341 g/mol. The topological polar surface area (TPSA) is 29.9 Å². The summed E-state index contributed by atoms with van der Waals surface area (Å²) < 4.78 is 2.97. The molecule has 1 N–H and O–H groups in total. The molecule has 0 aliphatic rings. The lowest BCUT2D eigenvalue weighted by Gasteiger charge is -2.17. The van der Waals surface area contributed by atoms with Gasteiger partial charge in [-0.1, -0.05) is 34.1 Å². The minimum absolute atomic E-state index is 0.233. The van der Waals surface area contributed by atoms with E-state index in [1.54, 1.807) is 6.20 Å². The molecule has 3 aromatic rings. The van der Waals surface area contributed by atoms with E-state index in [0.29, 0.717) is 0 Å². The van der Waals surface area contributed by atoms with Gasteiger partial charge in [0.25, 0.3) is 0 Å². The van der Waals surface area contributed by atoms with E-state index in [1.165, 1.54) is 5.56 Å². The molecule has 0 amide bonds. The Hall–Kier alpha value is -2.07. The van der Waals surface area contributed by atoms with Crippen LogP contribution in [0.1, 0.15) is 18.5 Å². The molecule has 0 bridgehead atoms. The number of hydrogen-bond donors (Lipinski definition) is 1. The third kappa shape index (κ3) is 3.16. The summed E-state index contributed by atoms with van der Waals surface area (Å²) in [4.78, 5) is 0. The predicted octanol–water partition coefficient (Wildman–Crippen LogP) is 4.81. The highest BCUT2D eigenvalue weighted by Crippen LogP contribution is 2.26. The summed E-state index contributed by atoms with van der Waals surface area (Å²) in [5, 5.41) is 7.74. The van der Waals surface area contributed by atoms with E-state index in [1.807, 2.05) is 23.0 Å². The van der Waals surface area contributed by atoms with Crippen LogP contribution in [0.25, 0.3) is 5.69 Å². The van der Waals surface area contributed by atoms with Gasteiger partial charge in [0.1, 0.15) is 0 Å². The maximum Gasteiger partial charge on any atom is 0.0647 e. The molecular weight excluding hydrogens is 326 g/mol. The Morgan fingerprint density at radius 1 is 1.05 bits per heavy atom. The number of nitrogens with zero attached hydrogens (tertiary/aromatic N) is 2. The van der Waals surface area contributed by atoms with Crippen molar-refractivity contribution in [2.75, 3.05) is 5.32 Å². The molecule has 0 fully saturated rings. The van der Waals surface area contributed by atoms with Crippen molar-refractivity contribution in [3.8, 4) is 5.69 Å². The van der Waals surface area contributed by atoms with Crippen LogP contribution in [0.15, 0.2) is 71.5 Å². The number of hydrogen-bond acceptors (Lipinski definition) is 2. The van der Waals surface area contributed by atoms with Crippen molar-refractivity contribution in [3.05, 3.63) is 77.0 Å². The molecule has 3 rings (SSSR count). The Morgan fingerprint density at radius 2 is 1.81 bits per heavy atom. The fourth-order valence-electron chi connectivity index (χ4n) is 2.29. The van der Waals surface area contributed by atoms with Crippen LogP contribution in [0.4, 0.5) is 5.69 Å². The summed E-state index contributed by atoms with van der Waals surface area (Å²) in [5.74, 6) is 0. The van der Waals surface area contributed by atoms with Crippen molar-refractivity contribution in [1.29, 1.82) is 0 Å². The zero-order chi connectivity index (χ0) is 14.7. The second-order valence-corrected chi connectivity index (χ2v) is 5.74. The van der Waals surface area contributed by atoms with Crippen LogP contribution < -0.4 is 5.32 Å². The zero-order valence-electron chi connectivity index (χ0n) is 11.7. The third-order valence-electron chi connectivity index (χ3n) is 3.39. The van der Waals surface area contributed by atoms with Crippen LogP contribution >= 0.6 is 15.9 Å². The van der Waals surface area contributed by atoms with Crippen LogP contribution in [0.2, 0.25) is 0 Å². The smallest absolute Gasteiger partial charge is 0.0647 e. The first-order valence-electron chi connectivity index (χ1n) is 6.85. The van der Waals surface area contributed by atoms with Crippen molar-refractivity contribution in [3.63, 3.8) is 0 Å². The van der Waals surface area contributed by atoms with Gasteiger partial charge in [0.05, 0.1) is 5.69 Å². The lowest BCUT2D eigenvalue weighted by molar-refractivity contribution is 0.871. The molecule has 0 radical (unpaired) electrons. The van der Waals surface area contributed by atoms with E-state index in [0.717, 1.165) is 15.8 Å². The Kier molecular flexibility index (Phi) is 4.06. The fourth-order valence-corrected chi connectivity index (χ4v) is 2.91. The second-order valence-electron chi connectivity index (χ2n) is 4.89. The molecule has 0 aliphatic heterocycles. The normalized spacial score (nSPS) is 12.1. The molecule has 1 atom stereocenters. The molecular formula is C17H16BrN3. The van der Waals surface area contributed by atoms with Crippen molar-refractivity contribution >= 4 is 21.6 Å². The summed E-state index contributed by atoms with van der Waals surface area (Å²) in [5.41, 5.74) is 3.39. The number of rotatable bonds is 4. The molecule has 0 spiro atoms. The number of benzene rings is 2. The van der Waals surface area contributed by atoms with Crippen molar-refractivity contribution in [2.24, 2.45) is 0 Å². The first-order chi connectivity index (χ1) is 10.2. The highest BCUT2D eigenvalue weighted by Gasteiger charge is 2.08. The van der Waals surface area contributed by atoms with Crippen molar-refractivity contribution < 1.29 is 0 Å². The molecule has 1 unspecified atom stereocenters. The minimum atomic E-state index is 0.233. The van der Waals surface area contributed by atoms with Crippen LogP contribution in [0, 0.1) is 0 Å². The van der Waals surface area contributed by atoms with Gasteiger partial charge in [-0.15, -0.1) is 0 Å². The van der Waals surface area contributed by atoms with Crippen LogP contribution in [-0.4, -0.2) is 9.78 Å². The Bertz CT molecular complexity index is 705. The van der Waals surface area contributed by atoms with Gasteiger partial charge in [-0.05, 0) is 48.9 Å². The molecule has 1 heterocycles. The van der Waals surface area contributed by atoms with Crippen LogP contribution in [0.5, 0.6) is 0 Å². The van der Waals surface area contributed by atoms with Gasteiger partial charge in [-0.3, -0.25) is 0 Å². The zero-order valence-corrected chi connectivity index (χ0v) is 13.3. The molecule has 2 aromatic carbocycles. The summed E-state index contributed by atoms with van der Waals surface area (Å²) in [6, 6.07) is 18.7. The van der Waals surface area contributed by atoms with E-state index in [9.17, 15) is 0 Å². The number of halogens is 1. The quantitative estimate of drug-likeness (QED) is 0.738. The highest BCUT2D eigenvalue weighted by molar-refractivity contribution is 9.10. The first-order valence-corrected chi connectivity index (χ1v) is 7.64. The molecule has 4 heteroatoms. The summed E-state index contributed by atoms with van der Waals surface area (Å²) in [6.07, 6.45) is 3.72. The van der Waals surface area contributed by atoms with Gasteiger partial charge in [-0.25, -0.2) is 4.68 Å². The largest absolute Gasteiger partial charge is 0.378 e. The lowest BCUT2D eigenvalue weighted by atomic mass is 10.1. The molecule has 3 nitrogen and oxygen atoms in total. The number of aromatic nitrogens is 2. The van der Waals surface area contributed by atoms with E-state index in [4.69, 9.17) is 0 Å². The van der Waals surface area contributed by atoms with Gasteiger partial charge in [0, 0.05) is 28.6 Å². The summed E-state index contributed by atoms with van der Waals surface area (Å²) >= 11 is 3.60. The van der Waals surface area contributed by atoms with E-state index in [2.05, 4.69) is 75.7 Å². The van der Waals surface area contributed by atoms with E-state index >= 15 is 0 Å². The van der Waals surface area contributed by atoms with Gasteiger partial charge in [-0.2, -0.15) is 5.10 Å². The standard InChI is InChI=1S/C17H16BrN3/c1-13(16-5-2-3-6-17(16)18)20-14-7-9-15(10-8-14)21-12-4-11-19-21/h2-13,20H,1H3. The maximum absolute atomic E-state index is 4.23. The average Bonchev–Trinajstić information content (AvgIpc) is 3.02. The SMILES string of the molecule is CC(Nc1ccc(-n2cccn2)cc1)c1ccccc1Br. The Labute approximate surface area is 132 Å². The first kappa shape index (κ1) is 13.9. The average molecular weight is 342 g/mol. The third-order valence-corrected chi connectivity index (χ3v) is 4.11. The predicted molar refractivity (Wildman–Crippen MR) is 89.7 cm³/mol. The highest BCUT2D eigenvalue weighted by atomic mass is 79.9. The van der Waals surface area contributed by atoms with Crippen LogP contribution in [-0.2, 0) is 0 Å². The van der Waals surface area contributed by atoms with Gasteiger partial charge >= 0.3 is 0 Å². The maximum atomic E-state index is 4.23. The minimum Gasteiger partial charge on any atom is -0.378 e. The lowest BCUT2D eigenvalue weighted by Crippen LogP contribution is -2.07. The molecule has 0 saturated carbocycles. The van der Waals surface area contributed by atoms with Gasteiger partial charge < -0.3 is 5.32 Å². The van der Waals surface area contributed by atoms with Crippen molar-refractivity contribution in [1.82, 2.24) is 9.78 Å². The van der Waals surface area contributed by atoms with Crippen LogP contribution in [0.3, 0.4) is 0 Å². The molecule has 0 saturated heterocycles. The van der Waals surface area contributed by atoms with E-state index < -0.39 is 0 Å². The van der Waals surface area contributed by atoms with Gasteiger partial charge in [0.15, 0.2) is 0 Å². The second kappa shape index (κ2) is 6.14. The molecule has 106 valence electrons. The fraction of sp³-hybridized carbons (Fsp3) is 0.118. The summed E-state index contributed by atoms with van der Waals surface area (Å²) in [6.45, 7) is 2.15. The number of nitrogens with one attached hydrogen (secondary N) is 1. The Balaban J connectivity index is 1.75. The van der Waals surface area contributed by atoms with Crippen molar-refractivity contribution in [2.45, 2.75) is 13.0 Å². The molecule has 21 heavy (non-hydrogen) atoms. The summed E-state index contributed by atoms with van der Waals surface area (Å²) in [7, 11) is 0. The number of anilines is 1. The molecule has 1 aromatic heterocycles. The molecule has 0 aliphatic carbocycles.